The molecule has 0 saturated carbocycles. The molecule has 144 valence electrons. The molecule has 0 aliphatic heterocycles. The highest BCUT2D eigenvalue weighted by atomic mass is 35.5. The van der Waals surface area contributed by atoms with Crippen LogP contribution < -0.4 is 20.2 Å². The van der Waals surface area contributed by atoms with Crippen molar-refractivity contribution in [2.45, 2.75) is 20.3 Å². The molecule has 0 aromatic heterocycles. The lowest BCUT2D eigenvalue weighted by molar-refractivity contribution is 0.252. The topological polar surface area (TPSA) is 72.0 Å². The maximum Gasteiger partial charge on any atom is 0.339 e. The first-order valence-electron chi connectivity index (χ1n) is 8.48. The van der Waals surface area contributed by atoms with Gasteiger partial charge in [0.25, 0.3) is 0 Å². The molecule has 0 heterocycles. The zero-order valence-corrected chi connectivity index (χ0v) is 16.6. The Morgan fingerprint density at radius 2 is 2.00 bits per heavy atom. The SMILES string of the molecule is CCCOc1c(Cl)cc(/C=N\NC(=O)Nc2cccc(Cl)c2)cc1OCC. The Bertz CT molecular complexity index is 813. The maximum atomic E-state index is 11.9. The average molecular weight is 410 g/mol. The van der Waals surface area contributed by atoms with E-state index in [9.17, 15) is 4.79 Å². The lowest BCUT2D eigenvalue weighted by Crippen LogP contribution is -2.24. The van der Waals surface area contributed by atoms with Crippen LogP contribution in [0.15, 0.2) is 41.5 Å². The van der Waals surface area contributed by atoms with Crippen molar-refractivity contribution in [1.82, 2.24) is 5.43 Å². The van der Waals surface area contributed by atoms with Crippen molar-refractivity contribution in [3.63, 3.8) is 0 Å². The molecule has 2 rings (SSSR count). The Morgan fingerprint density at radius 1 is 1.19 bits per heavy atom. The molecular formula is C19H21Cl2N3O3. The standard InChI is InChI=1S/C19H21Cl2N3O3/c1-3-8-27-18-16(21)9-13(10-17(18)26-4-2)12-22-24-19(25)23-15-7-5-6-14(20)11-15/h5-7,9-12H,3-4,8H2,1-2H3,(H2,23,24,25)/b22-12-. The summed E-state index contributed by atoms with van der Waals surface area (Å²) in [6, 6.07) is 9.76. The average Bonchev–Trinajstić information content (AvgIpc) is 2.61. The second kappa shape index (κ2) is 10.6. The molecule has 2 aromatic rings. The number of nitrogens with zero attached hydrogens (tertiary/aromatic N) is 1. The van der Waals surface area contributed by atoms with Crippen LogP contribution in [0.4, 0.5) is 10.5 Å². The summed E-state index contributed by atoms with van der Waals surface area (Å²) in [5, 5.41) is 7.49. The van der Waals surface area contributed by atoms with E-state index in [4.69, 9.17) is 32.7 Å². The van der Waals surface area contributed by atoms with Crippen molar-refractivity contribution in [3.05, 3.63) is 52.0 Å². The van der Waals surface area contributed by atoms with Crippen LogP contribution >= 0.6 is 23.2 Å². The summed E-state index contributed by atoms with van der Waals surface area (Å²) in [7, 11) is 0. The largest absolute Gasteiger partial charge is 0.490 e. The van der Waals surface area contributed by atoms with Gasteiger partial charge in [-0.05, 0) is 49.2 Å². The molecule has 0 atom stereocenters. The van der Waals surface area contributed by atoms with E-state index in [1.54, 1.807) is 36.4 Å². The Hall–Kier alpha value is -2.44. The number of anilines is 1. The first-order chi connectivity index (χ1) is 13.0. The fourth-order valence-electron chi connectivity index (χ4n) is 2.16. The summed E-state index contributed by atoms with van der Waals surface area (Å²) < 4.78 is 11.2. The number of carbonyl (C=O) groups excluding carboxylic acids is 1. The summed E-state index contributed by atoms with van der Waals surface area (Å²) in [5.41, 5.74) is 3.61. The van der Waals surface area contributed by atoms with Gasteiger partial charge >= 0.3 is 6.03 Å². The number of benzene rings is 2. The number of hydrogen-bond donors (Lipinski definition) is 2. The molecule has 0 radical (unpaired) electrons. The van der Waals surface area contributed by atoms with E-state index in [-0.39, 0.29) is 0 Å². The van der Waals surface area contributed by atoms with Gasteiger partial charge < -0.3 is 14.8 Å². The van der Waals surface area contributed by atoms with Gasteiger partial charge in [-0.2, -0.15) is 5.10 Å². The number of rotatable bonds is 8. The number of nitrogens with one attached hydrogen (secondary N) is 2. The second-order valence-corrected chi connectivity index (χ2v) is 6.29. The maximum absolute atomic E-state index is 11.9. The highest BCUT2D eigenvalue weighted by Gasteiger charge is 2.12. The summed E-state index contributed by atoms with van der Waals surface area (Å²) in [5.74, 6) is 1.03. The van der Waals surface area contributed by atoms with Gasteiger partial charge in [-0.3, -0.25) is 0 Å². The minimum absolute atomic E-state index is 0.416. The fourth-order valence-corrected chi connectivity index (χ4v) is 2.62. The fraction of sp³-hybridized carbons (Fsp3) is 0.263. The van der Waals surface area contributed by atoms with Crippen molar-refractivity contribution in [1.29, 1.82) is 0 Å². The van der Waals surface area contributed by atoms with Gasteiger partial charge in [0.2, 0.25) is 0 Å². The highest BCUT2D eigenvalue weighted by Crippen LogP contribution is 2.36. The zero-order valence-electron chi connectivity index (χ0n) is 15.1. The monoisotopic (exact) mass is 409 g/mol. The summed E-state index contributed by atoms with van der Waals surface area (Å²) in [6.07, 6.45) is 2.33. The lowest BCUT2D eigenvalue weighted by atomic mass is 10.2. The van der Waals surface area contributed by atoms with Gasteiger partial charge in [0, 0.05) is 10.7 Å². The molecule has 6 nitrogen and oxygen atoms in total. The van der Waals surface area contributed by atoms with Crippen LogP contribution in [-0.4, -0.2) is 25.5 Å². The quantitative estimate of drug-likeness (QED) is 0.456. The molecule has 2 aromatic carbocycles. The van der Waals surface area contributed by atoms with Crippen molar-refractivity contribution < 1.29 is 14.3 Å². The number of halogens is 2. The minimum atomic E-state index is -0.493. The molecule has 0 aliphatic carbocycles. The smallest absolute Gasteiger partial charge is 0.339 e. The van der Waals surface area contributed by atoms with E-state index in [0.29, 0.717) is 46.0 Å². The van der Waals surface area contributed by atoms with Gasteiger partial charge in [-0.15, -0.1) is 0 Å². The third-order valence-electron chi connectivity index (χ3n) is 3.24. The van der Waals surface area contributed by atoms with Crippen LogP contribution in [0.1, 0.15) is 25.8 Å². The van der Waals surface area contributed by atoms with E-state index >= 15 is 0 Å². The Morgan fingerprint density at radius 3 is 2.70 bits per heavy atom. The van der Waals surface area contributed by atoms with Crippen LogP contribution in [0.5, 0.6) is 11.5 Å². The number of urea groups is 1. The molecule has 27 heavy (non-hydrogen) atoms. The predicted octanol–water partition coefficient (Wildman–Crippen LogP) is 5.34. The lowest BCUT2D eigenvalue weighted by Gasteiger charge is -2.13. The van der Waals surface area contributed by atoms with Crippen LogP contribution in [0.3, 0.4) is 0 Å². The molecule has 0 fully saturated rings. The van der Waals surface area contributed by atoms with Gasteiger partial charge in [0.15, 0.2) is 11.5 Å². The van der Waals surface area contributed by atoms with Crippen molar-refractivity contribution in [3.8, 4) is 11.5 Å². The third-order valence-corrected chi connectivity index (χ3v) is 3.76. The van der Waals surface area contributed by atoms with E-state index < -0.39 is 6.03 Å². The van der Waals surface area contributed by atoms with Crippen LogP contribution in [0, 0.1) is 0 Å². The molecule has 0 unspecified atom stereocenters. The van der Waals surface area contributed by atoms with E-state index in [0.717, 1.165) is 6.42 Å². The molecule has 0 aliphatic rings. The van der Waals surface area contributed by atoms with Crippen LogP contribution in [0.25, 0.3) is 0 Å². The summed E-state index contributed by atoms with van der Waals surface area (Å²) in [4.78, 5) is 11.9. The van der Waals surface area contributed by atoms with Gasteiger partial charge in [0.05, 0.1) is 24.5 Å². The number of amides is 2. The number of hydrazone groups is 1. The van der Waals surface area contributed by atoms with Gasteiger partial charge in [-0.25, -0.2) is 10.2 Å². The number of ether oxygens (including phenoxy) is 2. The Balaban J connectivity index is 2.03. The van der Waals surface area contributed by atoms with E-state index in [1.807, 2.05) is 13.8 Å². The van der Waals surface area contributed by atoms with Crippen molar-refractivity contribution in [2.24, 2.45) is 5.10 Å². The molecule has 8 heteroatoms. The number of carbonyl (C=O) groups is 1. The normalized spacial score (nSPS) is 10.7. The van der Waals surface area contributed by atoms with E-state index in [2.05, 4.69) is 15.8 Å². The van der Waals surface area contributed by atoms with Gasteiger partial charge in [0.1, 0.15) is 0 Å². The van der Waals surface area contributed by atoms with Gasteiger partial charge in [-0.1, -0.05) is 36.2 Å². The summed E-state index contributed by atoms with van der Waals surface area (Å²) in [6.45, 7) is 4.90. The molecular weight excluding hydrogens is 389 g/mol. The molecule has 2 N–H and O–H groups in total. The molecule has 0 spiro atoms. The van der Waals surface area contributed by atoms with E-state index in [1.165, 1.54) is 6.21 Å². The van der Waals surface area contributed by atoms with Crippen molar-refractivity contribution >= 4 is 41.1 Å². The molecule has 2 amide bonds. The molecule has 0 saturated heterocycles. The summed E-state index contributed by atoms with van der Waals surface area (Å²) >= 11 is 12.2. The Kier molecular flexibility index (Phi) is 8.23. The second-order valence-electron chi connectivity index (χ2n) is 5.45. The van der Waals surface area contributed by atoms with Crippen molar-refractivity contribution in [2.75, 3.05) is 18.5 Å². The predicted molar refractivity (Wildman–Crippen MR) is 110 cm³/mol. The first kappa shape index (κ1) is 20.9. The number of hydrogen-bond acceptors (Lipinski definition) is 4. The highest BCUT2D eigenvalue weighted by molar-refractivity contribution is 6.32. The van der Waals surface area contributed by atoms with Crippen LogP contribution in [0.2, 0.25) is 10.0 Å². The molecule has 0 bridgehead atoms. The van der Waals surface area contributed by atoms with Crippen LogP contribution in [-0.2, 0) is 0 Å². The zero-order chi connectivity index (χ0) is 19.6. The minimum Gasteiger partial charge on any atom is -0.490 e. The Labute approximate surface area is 168 Å². The third kappa shape index (κ3) is 6.66. The first-order valence-corrected chi connectivity index (χ1v) is 9.23.